The zero-order valence-corrected chi connectivity index (χ0v) is 10.7. The molecule has 1 N–H and O–H groups in total. The Labute approximate surface area is 95.0 Å². The van der Waals surface area contributed by atoms with E-state index in [0.29, 0.717) is 6.04 Å². The quantitative estimate of drug-likeness (QED) is 0.705. The summed E-state index contributed by atoms with van der Waals surface area (Å²) < 4.78 is 0. The lowest BCUT2D eigenvalue weighted by atomic mass is 9.65. The molecule has 0 saturated heterocycles. The molecule has 0 spiro atoms. The summed E-state index contributed by atoms with van der Waals surface area (Å²) in [5.41, 5.74) is 0.738. The van der Waals surface area contributed by atoms with Crippen LogP contribution in [0, 0.1) is 17.3 Å². The van der Waals surface area contributed by atoms with Crippen molar-refractivity contribution in [3.63, 3.8) is 0 Å². The predicted octanol–water partition coefficient (Wildman–Crippen LogP) is 3.59. The average molecular weight is 209 g/mol. The van der Waals surface area contributed by atoms with Gasteiger partial charge in [0.25, 0.3) is 0 Å². The molecule has 0 aromatic carbocycles. The highest BCUT2D eigenvalue weighted by Crippen LogP contribution is 2.56. The summed E-state index contributed by atoms with van der Waals surface area (Å²) in [6.45, 7) is 8.31. The monoisotopic (exact) mass is 209 g/mol. The van der Waals surface area contributed by atoms with Gasteiger partial charge in [-0.1, -0.05) is 26.7 Å². The van der Waals surface area contributed by atoms with Gasteiger partial charge in [0.05, 0.1) is 0 Å². The summed E-state index contributed by atoms with van der Waals surface area (Å²) >= 11 is 0. The lowest BCUT2D eigenvalue weighted by molar-refractivity contribution is 0.0920. The normalized spacial score (nSPS) is 28.2. The van der Waals surface area contributed by atoms with Gasteiger partial charge in [-0.05, 0) is 49.9 Å². The summed E-state index contributed by atoms with van der Waals surface area (Å²) in [6.07, 6.45) is 8.80. The van der Waals surface area contributed by atoms with Gasteiger partial charge >= 0.3 is 0 Å². The lowest BCUT2D eigenvalue weighted by Crippen LogP contribution is -2.45. The van der Waals surface area contributed by atoms with E-state index in [9.17, 15) is 0 Å². The van der Waals surface area contributed by atoms with Crippen molar-refractivity contribution in [3.8, 4) is 0 Å². The van der Waals surface area contributed by atoms with E-state index in [1.54, 1.807) is 0 Å². The standard InChI is InChI=1S/C14H27N/c1-4-11(2)12(3)15-10-14(8-5-9-14)13-6-7-13/h11-13,15H,4-10H2,1-3H3. The number of hydrogen-bond acceptors (Lipinski definition) is 1. The molecular weight excluding hydrogens is 182 g/mol. The van der Waals surface area contributed by atoms with E-state index in [1.807, 2.05) is 0 Å². The van der Waals surface area contributed by atoms with Crippen LogP contribution in [0.25, 0.3) is 0 Å². The first-order chi connectivity index (χ1) is 7.18. The average Bonchev–Trinajstić information content (AvgIpc) is 2.98. The van der Waals surface area contributed by atoms with Crippen molar-refractivity contribution < 1.29 is 0 Å². The third-order valence-corrected chi connectivity index (χ3v) is 5.07. The Morgan fingerprint density at radius 3 is 2.33 bits per heavy atom. The molecule has 0 radical (unpaired) electrons. The first kappa shape index (κ1) is 11.4. The first-order valence-corrected chi connectivity index (χ1v) is 6.91. The molecule has 2 aliphatic rings. The minimum atomic E-state index is 0.700. The van der Waals surface area contributed by atoms with E-state index in [2.05, 4.69) is 26.1 Å². The van der Waals surface area contributed by atoms with Gasteiger partial charge in [-0.3, -0.25) is 0 Å². The molecule has 2 atom stereocenters. The Bertz CT molecular complexity index is 203. The number of nitrogens with one attached hydrogen (secondary N) is 1. The Kier molecular flexibility index (Phi) is 3.39. The molecule has 88 valence electrons. The molecule has 0 aromatic rings. The minimum Gasteiger partial charge on any atom is -0.313 e. The van der Waals surface area contributed by atoms with E-state index in [4.69, 9.17) is 0 Å². The fourth-order valence-electron chi connectivity index (χ4n) is 2.97. The summed E-state index contributed by atoms with van der Waals surface area (Å²) in [5, 5.41) is 3.80. The van der Waals surface area contributed by atoms with Crippen molar-refractivity contribution in [3.05, 3.63) is 0 Å². The van der Waals surface area contributed by atoms with Gasteiger partial charge < -0.3 is 5.32 Å². The van der Waals surface area contributed by atoms with Gasteiger partial charge in [0.1, 0.15) is 0 Å². The SMILES string of the molecule is CCC(C)C(C)NCC1(C2CC2)CCC1. The molecule has 0 bridgehead atoms. The molecule has 0 heterocycles. The lowest BCUT2D eigenvalue weighted by Gasteiger charge is -2.44. The van der Waals surface area contributed by atoms with Gasteiger partial charge in [0.15, 0.2) is 0 Å². The van der Waals surface area contributed by atoms with Crippen LogP contribution < -0.4 is 5.32 Å². The highest BCUT2D eigenvalue weighted by Gasteiger charge is 2.48. The van der Waals surface area contributed by atoms with Crippen LogP contribution in [0.15, 0.2) is 0 Å². The van der Waals surface area contributed by atoms with Crippen molar-refractivity contribution in [2.75, 3.05) is 6.54 Å². The molecule has 2 rings (SSSR count). The number of hydrogen-bond donors (Lipinski definition) is 1. The summed E-state index contributed by atoms with van der Waals surface area (Å²) in [5.74, 6) is 1.91. The van der Waals surface area contributed by atoms with Crippen LogP contribution in [0.1, 0.15) is 59.3 Å². The van der Waals surface area contributed by atoms with Crippen LogP contribution in [0.5, 0.6) is 0 Å². The van der Waals surface area contributed by atoms with Crippen molar-refractivity contribution in [1.82, 2.24) is 5.32 Å². The zero-order valence-electron chi connectivity index (χ0n) is 10.7. The van der Waals surface area contributed by atoms with Crippen molar-refractivity contribution >= 4 is 0 Å². The molecule has 2 aliphatic carbocycles. The fourth-order valence-corrected chi connectivity index (χ4v) is 2.97. The third-order valence-electron chi connectivity index (χ3n) is 5.07. The Hall–Kier alpha value is -0.0400. The zero-order chi connectivity index (χ0) is 10.9. The molecule has 1 heteroatoms. The second kappa shape index (κ2) is 4.45. The molecule has 2 fully saturated rings. The van der Waals surface area contributed by atoms with E-state index < -0.39 is 0 Å². The topological polar surface area (TPSA) is 12.0 Å². The number of rotatable bonds is 6. The van der Waals surface area contributed by atoms with E-state index in [-0.39, 0.29) is 0 Å². The van der Waals surface area contributed by atoms with Crippen LogP contribution in [0.3, 0.4) is 0 Å². The molecular formula is C14H27N. The van der Waals surface area contributed by atoms with E-state index in [1.165, 1.54) is 45.1 Å². The molecule has 15 heavy (non-hydrogen) atoms. The van der Waals surface area contributed by atoms with Crippen LogP contribution in [-0.4, -0.2) is 12.6 Å². The summed E-state index contributed by atoms with van der Waals surface area (Å²) in [7, 11) is 0. The van der Waals surface area contributed by atoms with E-state index >= 15 is 0 Å². The van der Waals surface area contributed by atoms with Gasteiger partial charge in [0.2, 0.25) is 0 Å². The van der Waals surface area contributed by atoms with E-state index in [0.717, 1.165) is 17.3 Å². The maximum atomic E-state index is 3.80. The third kappa shape index (κ3) is 2.38. The summed E-state index contributed by atoms with van der Waals surface area (Å²) in [4.78, 5) is 0. The Morgan fingerprint density at radius 2 is 1.93 bits per heavy atom. The molecule has 0 amide bonds. The van der Waals surface area contributed by atoms with Crippen molar-refractivity contribution in [2.24, 2.45) is 17.3 Å². The molecule has 1 nitrogen and oxygen atoms in total. The van der Waals surface area contributed by atoms with Crippen LogP contribution >= 0.6 is 0 Å². The fraction of sp³-hybridized carbons (Fsp3) is 1.00. The smallest absolute Gasteiger partial charge is 0.00644 e. The van der Waals surface area contributed by atoms with Crippen molar-refractivity contribution in [2.45, 2.75) is 65.3 Å². The van der Waals surface area contributed by atoms with Crippen LogP contribution in [-0.2, 0) is 0 Å². The van der Waals surface area contributed by atoms with Gasteiger partial charge in [-0.2, -0.15) is 0 Å². The minimum absolute atomic E-state index is 0.700. The Morgan fingerprint density at radius 1 is 1.27 bits per heavy atom. The second-order valence-corrected chi connectivity index (χ2v) is 6.05. The summed E-state index contributed by atoms with van der Waals surface area (Å²) in [6, 6.07) is 0.700. The highest BCUT2D eigenvalue weighted by atomic mass is 14.9. The maximum absolute atomic E-state index is 3.80. The molecule has 2 unspecified atom stereocenters. The van der Waals surface area contributed by atoms with Gasteiger partial charge in [-0.15, -0.1) is 0 Å². The van der Waals surface area contributed by atoms with Crippen LogP contribution in [0.4, 0.5) is 0 Å². The van der Waals surface area contributed by atoms with Crippen molar-refractivity contribution in [1.29, 1.82) is 0 Å². The van der Waals surface area contributed by atoms with Gasteiger partial charge in [0, 0.05) is 12.6 Å². The maximum Gasteiger partial charge on any atom is 0.00644 e. The molecule has 0 aliphatic heterocycles. The second-order valence-electron chi connectivity index (χ2n) is 6.05. The first-order valence-electron chi connectivity index (χ1n) is 6.91. The van der Waals surface area contributed by atoms with Gasteiger partial charge in [-0.25, -0.2) is 0 Å². The van der Waals surface area contributed by atoms with Crippen LogP contribution in [0.2, 0.25) is 0 Å². The largest absolute Gasteiger partial charge is 0.313 e. The molecule has 2 saturated carbocycles. The predicted molar refractivity (Wildman–Crippen MR) is 65.9 cm³/mol. The Balaban J connectivity index is 1.76. The molecule has 0 aromatic heterocycles. The highest BCUT2D eigenvalue weighted by molar-refractivity contribution is 5.00.